The van der Waals surface area contributed by atoms with E-state index in [1.165, 1.54) is 19.3 Å². The van der Waals surface area contributed by atoms with Gasteiger partial charge in [0.25, 0.3) is 0 Å². The van der Waals surface area contributed by atoms with E-state index in [1.807, 2.05) is 24.3 Å². The normalized spacial score (nSPS) is 17.0. The molecule has 0 radical (unpaired) electrons. The summed E-state index contributed by atoms with van der Waals surface area (Å²) in [6, 6.07) is 8.17. The number of aliphatic hydroxyl groups is 2. The number of ether oxygens (including phenoxy) is 1. The zero-order valence-electron chi connectivity index (χ0n) is 12.2. The van der Waals surface area contributed by atoms with Gasteiger partial charge in [0.15, 0.2) is 0 Å². The molecule has 2 rings (SSSR count). The van der Waals surface area contributed by atoms with Crippen LogP contribution in [0.15, 0.2) is 24.3 Å². The van der Waals surface area contributed by atoms with Crippen LogP contribution in [-0.4, -0.2) is 48.0 Å². The van der Waals surface area contributed by atoms with E-state index in [2.05, 4.69) is 4.90 Å². The Kier molecular flexibility index (Phi) is 5.83. The Bertz CT molecular complexity index is 406. The van der Waals surface area contributed by atoms with Crippen LogP contribution in [0, 0.1) is 0 Å². The van der Waals surface area contributed by atoms with Gasteiger partial charge in [-0.15, -0.1) is 0 Å². The molecule has 1 unspecified atom stereocenters. The summed E-state index contributed by atoms with van der Waals surface area (Å²) < 4.78 is 5.20. The van der Waals surface area contributed by atoms with Crippen molar-refractivity contribution in [3.05, 3.63) is 29.8 Å². The second-order valence-corrected chi connectivity index (χ2v) is 5.45. The van der Waals surface area contributed by atoms with Gasteiger partial charge in [-0.3, -0.25) is 4.90 Å². The van der Waals surface area contributed by atoms with Crippen LogP contribution >= 0.6 is 0 Å². The molecule has 20 heavy (non-hydrogen) atoms. The fourth-order valence-electron chi connectivity index (χ4n) is 2.62. The Hall–Kier alpha value is -1.10. The van der Waals surface area contributed by atoms with E-state index in [0.29, 0.717) is 12.6 Å². The Morgan fingerprint density at radius 2 is 2.20 bits per heavy atom. The molecule has 1 aromatic carbocycles. The molecule has 1 aliphatic rings. The minimum atomic E-state index is -0.510. The topological polar surface area (TPSA) is 52.9 Å². The van der Waals surface area contributed by atoms with Crippen LogP contribution in [0.25, 0.3) is 0 Å². The number of methoxy groups -OCH3 is 1. The smallest absolute Gasteiger partial charge is 0.119 e. The van der Waals surface area contributed by atoms with Crippen LogP contribution in [-0.2, 0) is 0 Å². The molecule has 4 heteroatoms. The summed E-state index contributed by atoms with van der Waals surface area (Å²) in [6.45, 7) is 1.68. The molecule has 1 atom stereocenters. The van der Waals surface area contributed by atoms with Crippen molar-refractivity contribution in [1.82, 2.24) is 4.90 Å². The fourth-order valence-corrected chi connectivity index (χ4v) is 2.62. The van der Waals surface area contributed by atoms with Crippen LogP contribution in [0.1, 0.15) is 37.4 Å². The van der Waals surface area contributed by atoms with Gasteiger partial charge in [0.05, 0.1) is 13.2 Å². The SMILES string of the molecule is COc1cccc(C(O)CN(CCCO)C2CCC2)c1. The first-order valence-corrected chi connectivity index (χ1v) is 7.41. The summed E-state index contributed by atoms with van der Waals surface area (Å²) in [5.74, 6) is 0.770. The van der Waals surface area contributed by atoms with Crippen molar-refractivity contribution >= 4 is 0 Å². The highest BCUT2D eigenvalue weighted by molar-refractivity contribution is 5.29. The molecule has 1 saturated carbocycles. The van der Waals surface area contributed by atoms with Crippen LogP contribution in [0.4, 0.5) is 0 Å². The Morgan fingerprint density at radius 3 is 2.80 bits per heavy atom. The monoisotopic (exact) mass is 279 g/mol. The quantitative estimate of drug-likeness (QED) is 0.764. The van der Waals surface area contributed by atoms with Crippen molar-refractivity contribution in [1.29, 1.82) is 0 Å². The van der Waals surface area contributed by atoms with Crippen LogP contribution < -0.4 is 4.74 Å². The summed E-state index contributed by atoms with van der Waals surface area (Å²) in [6.07, 6.45) is 3.94. The molecular formula is C16H25NO3. The molecule has 2 N–H and O–H groups in total. The lowest BCUT2D eigenvalue weighted by Gasteiger charge is -2.38. The molecule has 0 aromatic heterocycles. The van der Waals surface area contributed by atoms with Gasteiger partial charge in [-0.2, -0.15) is 0 Å². The number of hydrogen-bond donors (Lipinski definition) is 2. The molecule has 4 nitrogen and oxygen atoms in total. The summed E-state index contributed by atoms with van der Waals surface area (Å²) in [5.41, 5.74) is 0.887. The van der Waals surface area contributed by atoms with Gasteiger partial charge in [0.1, 0.15) is 5.75 Å². The Balaban J connectivity index is 1.96. The maximum absolute atomic E-state index is 10.4. The van der Waals surface area contributed by atoms with Crippen LogP contribution in [0.3, 0.4) is 0 Å². The third kappa shape index (κ3) is 3.95. The van der Waals surface area contributed by atoms with E-state index in [0.717, 1.165) is 24.3 Å². The second-order valence-electron chi connectivity index (χ2n) is 5.45. The summed E-state index contributed by atoms with van der Waals surface area (Å²) in [5, 5.41) is 19.4. The number of nitrogens with zero attached hydrogens (tertiary/aromatic N) is 1. The van der Waals surface area contributed by atoms with Gasteiger partial charge in [-0.1, -0.05) is 18.6 Å². The molecule has 0 saturated heterocycles. The van der Waals surface area contributed by atoms with E-state index in [9.17, 15) is 5.11 Å². The third-order valence-corrected chi connectivity index (χ3v) is 4.08. The van der Waals surface area contributed by atoms with Gasteiger partial charge in [-0.05, 0) is 37.0 Å². The van der Waals surface area contributed by atoms with Crippen molar-refractivity contribution < 1.29 is 14.9 Å². The van der Waals surface area contributed by atoms with Crippen molar-refractivity contribution in [2.75, 3.05) is 26.8 Å². The number of aliphatic hydroxyl groups excluding tert-OH is 2. The Morgan fingerprint density at radius 1 is 1.40 bits per heavy atom. The molecule has 112 valence electrons. The average Bonchev–Trinajstić information content (AvgIpc) is 2.42. The number of hydrogen-bond acceptors (Lipinski definition) is 4. The molecule has 0 amide bonds. The van der Waals surface area contributed by atoms with Crippen molar-refractivity contribution in [3.63, 3.8) is 0 Å². The fraction of sp³-hybridized carbons (Fsp3) is 0.625. The maximum Gasteiger partial charge on any atom is 0.119 e. The first-order chi connectivity index (χ1) is 9.74. The molecular weight excluding hydrogens is 254 g/mol. The first kappa shape index (κ1) is 15.3. The molecule has 1 fully saturated rings. The van der Waals surface area contributed by atoms with Gasteiger partial charge < -0.3 is 14.9 Å². The van der Waals surface area contributed by atoms with Gasteiger partial charge >= 0.3 is 0 Å². The van der Waals surface area contributed by atoms with Crippen molar-refractivity contribution in [2.45, 2.75) is 37.8 Å². The predicted molar refractivity (Wildman–Crippen MR) is 78.9 cm³/mol. The van der Waals surface area contributed by atoms with Gasteiger partial charge in [0.2, 0.25) is 0 Å². The van der Waals surface area contributed by atoms with Gasteiger partial charge in [0, 0.05) is 25.7 Å². The molecule has 0 heterocycles. The van der Waals surface area contributed by atoms with Crippen molar-refractivity contribution in [3.8, 4) is 5.75 Å². The van der Waals surface area contributed by atoms with Crippen LogP contribution in [0.2, 0.25) is 0 Å². The zero-order valence-corrected chi connectivity index (χ0v) is 12.2. The lowest BCUT2D eigenvalue weighted by Crippen LogP contribution is -2.43. The third-order valence-electron chi connectivity index (χ3n) is 4.08. The lowest BCUT2D eigenvalue weighted by atomic mass is 9.90. The summed E-state index contributed by atoms with van der Waals surface area (Å²) in [4.78, 5) is 2.31. The number of benzene rings is 1. The standard InChI is InChI=1S/C16H25NO3/c1-20-15-8-2-5-13(11-15)16(19)12-17(9-4-10-18)14-6-3-7-14/h2,5,8,11,14,16,18-19H,3-4,6-7,9-10,12H2,1H3. The van der Waals surface area contributed by atoms with E-state index < -0.39 is 6.10 Å². The van der Waals surface area contributed by atoms with E-state index in [-0.39, 0.29) is 6.61 Å². The first-order valence-electron chi connectivity index (χ1n) is 7.41. The predicted octanol–water partition coefficient (Wildman–Crippen LogP) is 1.97. The average molecular weight is 279 g/mol. The molecule has 1 aliphatic carbocycles. The lowest BCUT2D eigenvalue weighted by molar-refractivity contribution is 0.0536. The maximum atomic E-state index is 10.4. The molecule has 0 bridgehead atoms. The molecule has 0 aliphatic heterocycles. The van der Waals surface area contributed by atoms with Crippen LogP contribution in [0.5, 0.6) is 5.75 Å². The van der Waals surface area contributed by atoms with E-state index in [1.54, 1.807) is 7.11 Å². The highest BCUT2D eigenvalue weighted by Crippen LogP contribution is 2.27. The zero-order chi connectivity index (χ0) is 14.4. The highest BCUT2D eigenvalue weighted by Gasteiger charge is 2.26. The Labute approximate surface area is 121 Å². The molecule has 1 aromatic rings. The summed E-state index contributed by atoms with van der Waals surface area (Å²) in [7, 11) is 1.63. The number of rotatable bonds is 8. The summed E-state index contributed by atoms with van der Waals surface area (Å²) >= 11 is 0. The minimum absolute atomic E-state index is 0.207. The second kappa shape index (κ2) is 7.62. The van der Waals surface area contributed by atoms with Crippen molar-refractivity contribution in [2.24, 2.45) is 0 Å². The van der Waals surface area contributed by atoms with Gasteiger partial charge in [-0.25, -0.2) is 0 Å². The largest absolute Gasteiger partial charge is 0.497 e. The highest BCUT2D eigenvalue weighted by atomic mass is 16.5. The minimum Gasteiger partial charge on any atom is -0.497 e. The van der Waals surface area contributed by atoms with E-state index in [4.69, 9.17) is 9.84 Å². The molecule has 0 spiro atoms. The van der Waals surface area contributed by atoms with E-state index >= 15 is 0 Å².